The van der Waals surface area contributed by atoms with Crippen LogP contribution in [-0.2, 0) is 6.54 Å². The maximum Gasteiger partial charge on any atom is 0.189 e. The molecule has 0 unspecified atom stereocenters. The highest BCUT2D eigenvalue weighted by molar-refractivity contribution is 7.18. The van der Waals surface area contributed by atoms with Crippen molar-refractivity contribution in [3.05, 3.63) is 28.2 Å². The number of nitrogens with two attached hydrogens (primary N) is 1. The van der Waals surface area contributed by atoms with Crippen LogP contribution in [0.15, 0.2) is 23.2 Å². The quantitative estimate of drug-likeness (QED) is 0.672. The number of fused-ring (bicyclic) bond motifs is 1. The molecular formula is C12H15ClN4S. The number of thiazole rings is 1. The number of rotatable bonds is 3. The van der Waals surface area contributed by atoms with E-state index in [2.05, 4.69) is 15.3 Å². The second-order valence-electron chi connectivity index (χ2n) is 4.22. The van der Waals surface area contributed by atoms with Crippen molar-refractivity contribution < 1.29 is 0 Å². The van der Waals surface area contributed by atoms with Crippen molar-refractivity contribution in [1.82, 2.24) is 10.3 Å². The zero-order valence-corrected chi connectivity index (χ0v) is 11.8. The fourth-order valence-corrected chi connectivity index (χ4v) is 2.55. The molecule has 2 rings (SSSR count). The highest BCUT2D eigenvalue weighted by atomic mass is 35.5. The van der Waals surface area contributed by atoms with Crippen molar-refractivity contribution in [1.29, 1.82) is 0 Å². The molecule has 0 spiro atoms. The van der Waals surface area contributed by atoms with E-state index in [9.17, 15) is 0 Å². The first-order valence-electron chi connectivity index (χ1n) is 5.66. The predicted octanol–water partition coefficient (Wildman–Crippen LogP) is 2.76. The summed E-state index contributed by atoms with van der Waals surface area (Å²) in [5.74, 6) is 0.447. The third-order valence-electron chi connectivity index (χ3n) is 2.22. The maximum absolute atomic E-state index is 5.92. The van der Waals surface area contributed by atoms with E-state index >= 15 is 0 Å². The summed E-state index contributed by atoms with van der Waals surface area (Å²) in [6.45, 7) is 4.52. The lowest BCUT2D eigenvalue weighted by atomic mass is 10.3. The van der Waals surface area contributed by atoms with Gasteiger partial charge in [-0.15, -0.1) is 11.3 Å². The molecule has 0 bridgehead atoms. The molecule has 0 saturated carbocycles. The first-order chi connectivity index (χ1) is 8.54. The number of benzene rings is 1. The predicted molar refractivity (Wildman–Crippen MR) is 78.2 cm³/mol. The summed E-state index contributed by atoms with van der Waals surface area (Å²) in [5, 5.41) is 4.67. The van der Waals surface area contributed by atoms with Crippen molar-refractivity contribution in [3.8, 4) is 0 Å². The first kappa shape index (κ1) is 13.1. The molecule has 2 aromatic rings. The van der Waals surface area contributed by atoms with Crippen LogP contribution in [0.2, 0.25) is 5.02 Å². The maximum atomic E-state index is 5.92. The largest absolute Gasteiger partial charge is 0.370 e. The number of aliphatic imine (C=N–C) groups is 1. The Bertz CT molecular complexity index is 576. The topological polar surface area (TPSA) is 63.3 Å². The lowest BCUT2D eigenvalue weighted by Crippen LogP contribution is -2.36. The van der Waals surface area contributed by atoms with Gasteiger partial charge in [-0.2, -0.15) is 0 Å². The Balaban J connectivity index is 2.12. The molecular weight excluding hydrogens is 268 g/mol. The average Bonchev–Trinajstić information content (AvgIpc) is 2.67. The number of nitrogens with one attached hydrogen (secondary N) is 1. The summed E-state index contributed by atoms with van der Waals surface area (Å²) in [4.78, 5) is 8.72. The Morgan fingerprint density at radius 1 is 1.56 bits per heavy atom. The molecule has 1 aromatic heterocycles. The normalized spacial score (nSPS) is 12.3. The van der Waals surface area contributed by atoms with Gasteiger partial charge in [0.05, 0.1) is 16.8 Å². The van der Waals surface area contributed by atoms with Gasteiger partial charge in [0.15, 0.2) is 5.96 Å². The Kier molecular flexibility index (Phi) is 4.04. The van der Waals surface area contributed by atoms with Gasteiger partial charge in [0.1, 0.15) is 5.01 Å². The van der Waals surface area contributed by atoms with Crippen LogP contribution in [-0.4, -0.2) is 17.0 Å². The van der Waals surface area contributed by atoms with Crippen LogP contribution in [0.3, 0.4) is 0 Å². The second-order valence-corrected chi connectivity index (χ2v) is 5.77. The van der Waals surface area contributed by atoms with Gasteiger partial charge >= 0.3 is 0 Å². The van der Waals surface area contributed by atoms with Crippen LogP contribution >= 0.6 is 22.9 Å². The third-order valence-corrected chi connectivity index (χ3v) is 3.47. The summed E-state index contributed by atoms with van der Waals surface area (Å²) in [6.07, 6.45) is 0. The summed E-state index contributed by atoms with van der Waals surface area (Å²) >= 11 is 7.53. The fraction of sp³-hybridized carbons (Fsp3) is 0.333. The molecule has 18 heavy (non-hydrogen) atoms. The van der Waals surface area contributed by atoms with Gasteiger partial charge < -0.3 is 11.1 Å². The fourth-order valence-electron chi connectivity index (χ4n) is 1.51. The van der Waals surface area contributed by atoms with E-state index < -0.39 is 0 Å². The van der Waals surface area contributed by atoms with Crippen LogP contribution in [0.4, 0.5) is 0 Å². The molecule has 96 valence electrons. The summed E-state index contributed by atoms with van der Waals surface area (Å²) in [6, 6.07) is 5.97. The number of guanidine groups is 1. The third kappa shape index (κ3) is 3.34. The number of nitrogens with zero attached hydrogens (tertiary/aromatic N) is 2. The minimum atomic E-state index is 0.280. The van der Waals surface area contributed by atoms with E-state index in [-0.39, 0.29) is 6.04 Å². The van der Waals surface area contributed by atoms with Gasteiger partial charge in [-0.3, -0.25) is 0 Å². The average molecular weight is 283 g/mol. The summed E-state index contributed by atoms with van der Waals surface area (Å²) in [7, 11) is 0. The Labute approximate surface area is 115 Å². The van der Waals surface area contributed by atoms with Crippen molar-refractivity contribution in [3.63, 3.8) is 0 Å². The molecule has 0 aliphatic carbocycles. The lowest BCUT2D eigenvalue weighted by Gasteiger charge is -2.07. The zero-order valence-electron chi connectivity index (χ0n) is 10.3. The van der Waals surface area contributed by atoms with Crippen LogP contribution < -0.4 is 11.1 Å². The SMILES string of the molecule is CC(C)NC(N)=NCc1nc2cc(Cl)ccc2s1. The minimum Gasteiger partial charge on any atom is -0.370 e. The molecule has 0 fully saturated rings. The molecule has 0 aliphatic heterocycles. The molecule has 1 aromatic carbocycles. The van der Waals surface area contributed by atoms with Crippen LogP contribution in [0.25, 0.3) is 10.2 Å². The molecule has 6 heteroatoms. The standard InChI is InChI=1S/C12H15ClN4S/c1-7(2)16-12(14)15-6-11-17-9-5-8(13)3-4-10(9)18-11/h3-5,7H,6H2,1-2H3,(H3,14,15,16). The van der Waals surface area contributed by atoms with E-state index in [1.165, 1.54) is 0 Å². The Morgan fingerprint density at radius 3 is 3.06 bits per heavy atom. The van der Waals surface area contributed by atoms with Gasteiger partial charge in [-0.1, -0.05) is 11.6 Å². The lowest BCUT2D eigenvalue weighted by molar-refractivity contribution is 0.723. The van der Waals surface area contributed by atoms with Gasteiger partial charge in [0, 0.05) is 11.1 Å². The Hall–Kier alpha value is -1.33. The highest BCUT2D eigenvalue weighted by Crippen LogP contribution is 2.25. The highest BCUT2D eigenvalue weighted by Gasteiger charge is 2.04. The molecule has 0 saturated heterocycles. The smallest absolute Gasteiger partial charge is 0.189 e. The summed E-state index contributed by atoms with van der Waals surface area (Å²) in [5.41, 5.74) is 6.65. The van der Waals surface area contributed by atoms with Crippen molar-refractivity contribution >= 4 is 39.1 Å². The minimum absolute atomic E-state index is 0.280. The van der Waals surface area contributed by atoms with Gasteiger partial charge in [-0.25, -0.2) is 9.98 Å². The number of hydrogen-bond acceptors (Lipinski definition) is 3. The van der Waals surface area contributed by atoms with E-state index in [1.54, 1.807) is 11.3 Å². The Morgan fingerprint density at radius 2 is 2.33 bits per heavy atom. The summed E-state index contributed by atoms with van der Waals surface area (Å²) < 4.78 is 1.11. The van der Waals surface area contributed by atoms with Gasteiger partial charge in [-0.05, 0) is 32.0 Å². The van der Waals surface area contributed by atoms with E-state index in [4.69, 9.17) is 17.3 Å². The molecule has 3 N–H and O–H groups in total. The number of aromatic nitrogens is 1. The van der Waals surface area contributed by atoms with E-state index in [1.807, 2.05) is 32.0 Å². The van der Waals surface area contributed by atoms with Gasteiger partial charge in [0.25, 0.3) is 0 Å². The second kappa shape index (κ2) is 5.54. The van der Waals surface area contributed by atoms with Gasteiger partial charge in [0.2, 0.25) is 0 Å². The monoisotopic (exact) mass is 282 g/mol. The van der Waals surface area contributed by atoms with Crippen molar-refractivity contribution in [2.24, 2.45) is 10.7 Å². The molecule has 0 amide bonds. The molecule has 1 heterocycles. The number of halogens is 1. The molecule has 0 atom stereocenters. The van der Waals surface area contributed by atoms with Crippen LogP contribution in [0.5, 0.6) is 0 Å². The van der Waals surface area contributed by atoms with E-state index in [0.29, 0.717) is 17.5 Å². The van der Waals surface area contributed by atoms with E-state index in [0.717, 1.165) is 15.2 Å². The van der Waals surface area contributed by atoms with Crippen LogP contribution in [0, 0.1) is 0 Å². The zero-order chi connectivity index (χ0) is 13.1. The molecule has 4 nitrogen and oxygen atoms in total. The van der Waals surface area contributed by atoms with Crippen LogP contribution in [0.1, 0.15) is 18.9 Å². The number of hydrogen-bond donors (Lipinski definition) is 2. The molecule has 0 aliphatic rings. The van der Waals surface area contributed by atoms with Crippen molar-refractivity contribution in [2.45, 2.75) is 26.4 Å². The van der Waals surface area contributed by atoms with Crippen molar-refractivity contribution in [2.75, 3.05) is 0 Å². The molecule has 0 radical (unpaired) electrons. The first-order valence-corrected chi connectivity index (χ1v) is 6.85.